The summed E-state index contributed by atoms with van der Waals surface area (Å²) < 4.78 is 0. The van der Waals surface area contributed by atoms with Crippen molar-refractivity contribution < 1.29 is 0 Å². The molecule has 1 aromatic heterocycles. The molecule has 2 heterocycles. The maximum Gasteiger partial charge on any atom is 0.0592 e. The molecule has 1 atom stereocenters. The first-order valence-corrected chi connectivity index (χ1v) is 5.48. The Morgan fingerprint density at radius 1 is 1.57 bits per heavy atom. The van der Waals surface area contributed by atoms with E-state index in [0.717, 1.165) is 18.1 Å². The van der Waals surface area contributed by atoms with Gasteiger partial charge in [0.1, 0.15) is 0 Å². The number of aryl methyl sites for hydroxylation is 1. The zero-order valence-corrected chi connectivity index (χ0v) is 9.14. The first-order valence-electron chi connectivity index (χ1n) is 5.10. The molecule has 0 amide bonds. The highest BCUT2D eigenvalue weighted by molar-refractivity contribution is 6.30. The average Bonchev–Trinajstić information content (AvgIpc) is 2.19. The second-order valence-corrected chi connectivity index (χ2v) is 4.34. The molecule has 2 rings (SSSR count). The highest BCUT2D eigenvalue weighted by Crippen LogP contribution is 2.25. The van der Waals surface area contributed by atoms with Crippen molar-refractivity contribution in [2.45, 2.75) is 25.7 Å². The zero-order valence-electron chi connectivity index (χ0n) is 8.39. The molecule has 1 fully saturated rings. The molecule has 14 heavy (non-hydrogen) atoms. The van der Waals surface area contributed by atoms with Gasteiger partial charge in [-0.3, -0.25) is 4.98 Å². The van der Waals surface area contributed by atoms with Crippen molar-refractivity contribution in [1.29, 1.82) is 0 Å². The number of nitrogens with zero attached hydrogens (tertiary/aromatic N) is 1. The molecule has 0 radical (unpaired) electrons. The normalized spacial score (nSPS) is 22.3. The third-order valence-electron chi connectivity index (χ3n) is 2.77. The summed E-state index contributed by atoms with van der Waals surface area (Å²) in [7, 11) is 0. The quantitative estimate of drug-likeness (QED) is 0.771. The largest absolute Gasteiger partial charge is 0.316 e. The van der Waals surface area contributed by atoms with Crippen LogP contribution >= 0.6 is 11.6 Å². The van der Waals surface area contributed by atoms with Crippen LogP contribution in [0.25, 0.3) is 0 Å². The molecule has 0 saturated carbocycles. The number of hydrogen-bond acceptors (Lipinski definition) is 2. The van der Waals surface area contributed by atoms with Gasteiger partial charge in [0, 0.05) is 24.4 Å². The van der Waals surface area contributed by atoms with Gasteiger partial charge in [-0.2, -0.15) is 0 Å². The van der Waals surface area contributed by atoms with Gasteiger partial charge in [0.15, 0.2) is 0 Å². The second-order valence-electron chi connectivity index (χ2n) is 3.90. The van der Waals surface area contributed by atoms with Crippen molar-refractivity contribution in [2.24, 2.45) is 0 Å². The lowest BCUT2D eigenvalue weighted by Gasteiger charge is -2.23. The minimum atomic E-state index is 0.570. The van der Waals surface area contributed by atoms with Gasteiger partial charge in [0.05, 0.1) is 5.02 Å². The number of hydrogen-bond donors (Lipinski definition) is 1. The number of aromatic nitrogens is 1. The molecule has 1 N–H and O–H groups in total. The summed E-state index contributed by atoms with van der Waals surface area (Å²) in [6.45, 7) is 4.28. The molecule has 1 saturated heterocycles. The second kappa shape index (κ2) is 4.28. The summed E-state index contributed by atoms with van der Waals surface area (Å²) in [5, 5.41) is 4.13. The molecule has 1 unspecified atom stereocenters. The van der Waals surface area contributed by atoms with Crippen LogP contribution in [0.5, 0.6) is 0 Å². The minimum absolute atomic E-state index is 0.570. The van der Waals surface area contributed by atoms with E-state index in [0.29, 0.717) is 5.92 Å². The summed E-state index contributed by atoms with van der Waals surface area (Å²) in [5.41, 5.74) is 2.42. The standard InChI is InChI=1S/C11H15ClN2/c1-8-5-10(12)7-14-11(8)9-3-2-4-13-6-9/h5,7,9,13H,2-4,6H2,1H3. The lowest BCUT2D eigenvalue weighted by Crippen LogP contribution is -2.29. The maximum atomic E-state index is 5.88. The van der Waals surface area contributed by atoms with Gasteiger partial charge in [-0.25, -0.2) is 0 Å². The summed E-state index contributed by atoms with van der Waals surface area (Å²) in [4.78, 5) is 4.43. The van der Waals surface area contributed by atoms with E-state index < -0.39 is 0 Å². The van der Waals surface area contributed by atoms with E-state index >= 15 is 0 Å². The molecule has 0 aromatic carbocycles. The molecule has 3 heteroatoms. The first-order chi connectivity index (χ1) is 6.77. The van der Waals surface area contributed by atoms with Crippen molar-refractivity contribution in [2.75, 3.05) is 13.1 Å². The number of piperidine rings is 1. The van der Waals surface area contributed by atoms with Crippen molar-refractivity contribution in [1.82, 2.24) is 10.3 Å². The van der Waals surface area contributed by atoms with Crippen LogP contribution in [0.15, 0.2) is 12.3 Å². The lowest BCUT2D eigenvalue weighted by atomic mass is 9.93. The van der Waals surface area contributed by atoms with Gasteiger partial charge in [0.25, 0.3) is 0 Å². The van der Waals surface area contributed by atoms with Gasteiger partial charge < -0.3 is 5.32 Å². The van der Waals surface area contributed by atoms with E-state index in [1.807, 2.05) is 6.07 Å². The molecule has 0 spiro atoms. The highest BCUT2D eigenvalue weighted by atomic mass is 35.5. The predicted octanol–water partition coefficient (Wildman–Crippen LogP) is 2.51. The smallest absolute Gasteiger partial charge is 0.0592 e. The third-order valence-corrected chi connectivity index (χ3v) is 2.98. The first kappa shape index (κ1) is 9.94. The molecule has 76 valence electrons. The Morgan fingerprint density at radius 3 is 3.07 bits per heavy atom. The predicted molar refractivity (Wildman–Crippen MR) is 58.8 cm³/mol. The van der Waals surface area contributed by atoms with E-state index in [9.17, 15) is 0 Å². The zero-order chi connectivity index (χ0) is 9.97. The number of pyridine rings is 1. The summed E-state index contributed by atoms with van der Waals surface area (Å²) in [6, 6.07) is 2.00. The van der Waals surface area contributed by atoms with Gasteiger partial charge in [0.2, 0.25) is 0 Å². The van der Waals surface area contributed by atoms with Crippen molar-refractivity contribution in [3.05, 3.63) is 28.5 Å². The van der Waals surface area contributed by atoms with Crippen LogP contribution in [-0.2, 0) is 0 Å². The van der Waals surface area contributed by atoms with Crippen molar-refractivity contribution >= 4 is 11.6 Å². The molecule has 1 aliphatic heterocycles. The van der Waals surface area contributed by atoms with Crippen LogP contribution in [0, 0.1) is 6.92 Å². The Hall–Kier alpha value is -0.600. The minimum Gasteiger partial charge on any atom is -0.316 e. The molecule has 1 aliphatic rings. The Bertz CT molecular complexity index is 319. The van der Waals surface area contributed by atoms with Crippen LogP contribution in [0.1, 0.15) is 30.0 Å². The molecular weight excluding hydrogens is 196 g/mol. The monoisotopic (exact) mass is 210 g/mol. The van der Waals surface area contributed by atoms with Crippen molar-refractivity contribution in [3.8, 4) is 0 Å². The van der Waals surface area contributed by atoms with Gasteiger partial charge >= 0.3 is 0 Å². The Kier molecular flexibility index (Phi) is 3.04. The molecule has 2 nitrogen and oxygen atoms in total. The van der Waals surface area contributed by atoms with E-state index in [1.165, 1.54) is 24.1 Å². The summed E-state index contributed by atoms with van der Waals surface area (Å²) in [6.07, 6.45) is 4.23. The summed E-state index contributed by atoms with van der Waals surface area (Å²) >= 11 is 5.88. The van der Waals surface area contributed by atoms with E-state index in [2.05, 4.69) is 17.2 Å². The maximum absolute atomic E-state index is 5.88. The number of halogens is 1. The number of rotatable bonds is 1. The van der Waals surface area contributed by atoms with Crippen LogP contribution in [0.3, 0.4) is 0 Å². The lowest BCUT2D eigenvalue weighted by molar-refractivity contribution is 0.453. The van der Waals surface area contributed by atoms with E-state index in [1.54, 1.807) is 6.20 Å². The van der Waals surface area contributed by atoms with E-state index in [-0.39, 0.29) is 0 Å². The van der Waals surface area contributed by atoms with Gasteiger partial charge in [-0.15, -0.1) is 0 Å². The SMILES string of the molecule is Cc1cc(Cl)cnc1C1CCCNC1. The molecular formula is C11H15ClN2. The van der Waals surface area contributed by atoms with E-state index in [4.69, 9.17) is 11.6 Å². The highest BCUT2D eigenvalue weighted by Gasteiger charge is 2.17. The number of nitrogens with one attached hydrogen (secondary N) is 1. The Labute approximate surface area is 89.7 Å². The molecule has 0 aliphatic carbocycles. The average molecular weight is 211 g/mol. The summed E-state index contributed by atoms with van der Waals surface area (Å²) in [5.74, 6) is 0.570. The van der Waals surface area contributed by atoms with Gasteiger partial charge in [-0.05, 0) is 37.9 Å². The fraction of sp³-hybridized carbons (Fsp3) is 0.545. The van der Waals surface area contributed by atoms with Crippen molar-refractivity contribution in [3.63, 3.8) is 0 Å². The third kappa shape index (κ3) is 2.07. The van der Waals surface area contributed by atoms with Crippen LogP contribution in [-0.4, -0.2) is 18.1 Å². The Balaban J connectivity index is 2.22. The van der Waals surface area contributed by atoms with Gasteiger partial charge in [-0.1, -0.05) is 11.6 Å². The van der Waals surface area contributed by atoms with Crippen LogP contribution in [0.4, 0.5) is 0 Å². The topological polar surface area (TPSA) is 24.9 Å². The van der Waals surface area contributed by atoms with Crippen LogP contribution < -0.4 is 5.32 Å². The fourth-order valence-corrected chi connectivity index (χ4v) is 2.28. The Morgan fingerprint density at radius 2 is 2.43 bits per heavy atom. The molecule has 1 aromatic rings. The molecule has 0 bridgehead atoms. The van der Waals surface area contributed by atoms with Crippen LogP contribution in [0.2, 0.25) is 5.02 Å². The fourth-order valence-electron chi connectivity index (χ4n) is 2.06.